The molecule has 6 nitrogen and oxygen atoms in total. The SMILES string of the molecule is CCOc1nc(N)nc(N2CC(C)SC(C)C2)n1. The molecule has 2 heterocycles. The minimum Gasteiger partial charge on any atom is -0.464 e. The van der Waals surface area contributed by atoms with Gasteiger partial charge in [-0.15, -0.1) is 0 Å². The van der Waals surface area contributed by atoms with Crippen LogP contribution in [0.3, 0.4) is 0 Å². The van der Waals surface area contributed by atoms with Crippen LogP contribution in [0.5, 0.6) is 6.01 Å². The number of nitrogens with zero attached hydrogens (tertiary/aromatic N) is 4. The maximum atomic E-state index is 5.69. The van der Waals surface area contributed by atoms with Crippen LogP contribution in [0.15, 0.2) is 0 Å². The molecule has 2 rings (SSSR count). The molecule has 1 aromatic heterocycles. The van der Waals surface area contributed by atoms with Crippen LogP contribution < -0.4 is 15.4 Å². The topological polar surface area (TPSA) is 77.2 Å². The summed E-state index contributed by atoms with van der Waals surface area (Å²) in [5, 5.41) is 1.12. The number of hydrogen-bond acceptors (Lipinski definition) is 7. The third-order valence-electron chi connectivity index (χ3n) is 2.60. The number of nitrogen functional groups attached to an aromatic ring is 1. The van der Waals surface area contributed by atoms with E-state index in [1.807, 2.05) is 18.7 Å². The maximum absolute atomic E-state index is 5.69. The molecule has 2 N–H and O–H groups in total. The van der Waals surface area contributed by atoms with E-state index in [1.165, 1.54) is 0 Å². The predicted octanol–water partition coefficient (Wildman–Crippen LogP) is 1.18. The quantitative estimate of drug-likeness (QED) is 0.883. The minimum absolute atomic E-state index is 0.210. The normalized spacial score (nSPS) is 24.1. The summed E-state index contributed by atoms with van der Waals surface area (Å²) in [4.78, 5) is 14.6. The molecule has 1 aromatic rings. The van der Waals surface area contributed by atoms with Crippen molar-refractivity contribution in [1.82, 2.24) is 15.0 Å². The number of ether oxygens (including phenoxy) is 1. The number of thioether (sulfide) groups is 1. The van der Waals surface area contributed by atoms with Crippen molar-refractivity contribution >= 4 is 23.7 Å². The molecule has 0 saturated carbocycles. The highest BCUT2D eigenvalue weighted by Crippen LogP contribution is 2.27. The molecule has 7 heteroatoms. The Labute approximate surface area is 111 Å². The van der Waals surface area contributed by atoms with E-state index in [2.05, 4.69) is 33.7 Å². The van der Waals surface area contributed by atoms with Crippen molar-refractivity contribution in [3.05, 3.63) is 0 Å². The third kappa shape index (κ3) is 3.16. The zero-order valence-electron chi connectivity index (χ0n) is 11.0. The summed E-state index contributed by atoms with van der Waals surface area (Å²) in [6.45, 7) is 8.67. The smallest absolute Gasteiger partial charge is 0.323 e. The average molecular weight is 269 g/mol. The standard InChI is InChI=1S/C11H19N5OS/c1-4-17-11-14-9(12)13-10(15-11)16-5-7(2)18-8(3)6-16/h7-8H,4-6H2,1-3H3,(H2,12,13,14,15). The minimum atomic E-state index is 0.210. The Bertz CT molecular complexity index is 406. The second-order valence-electron chi connectivity index (χ2n) is 4.37. The van der Waals surface area contributed by atoms with Crippen LogP contribution in [0.2, 0.25) is 0 Å². The van der Waals surface area contributed by atoms with Crippen LogP contribution in [0, 0.1) is 0 Å². The molecule has 1 aliphatic rings. The summed E-state index contributed by atoms with van der Waals surface area (Å²) in [7, 11) is 0. The van der Waals surface area contributed by atoms with Gasteiger partial charge in [-0.05, 0) is 6.92 Å². The van der Waals surface area contributed by atoms with Crippen molar-refractivity contribution in [2.24, 2.45) is 0 Å². The molecule has 0 spiro atoms. The van der Waals surface area contributed by atoms with Crippen LogP contribution in [0.4, 0.5) is 11.9 Å². The molecule has 1 fully saturated rings. The Balaban J connectivity index is 2.21. The van der Waals surface area contributed by atoms with Crippen molar-refractivity contribution in [2.75, 3.05) is 30.3 Å². The molecule has 2 atom stereocenters. The van der Waals surface area contributed by atoms with Gasteiger partial charge >= 0.3 is 6.01 Å². The fourth-order valence-corrected chi connectivity index (χ4v) is 3.36. The number of anilines is 2. The summed E-state index contributed by atoms with van der Waals surface area (Å²) >= 11 is 1.98. The lowest BCUT2D eigenvalue weighted by atomic mass is 10.3. The van der Waals surface area contributed by atoms with E-state index in [-0.39, 0.29) is 5.95 Å². The Hall–Kier alpha value is -1.24. The lowest BCUT2D eigenvalue weighted by Gasteiger charge is -2.34. The van der Waals surface area contributed by atoms with Crippen LogP contribution in [-0.2, 0) is 0 Å². The summed E-state index contributed by atoms with van der Waals surface area (Å²) in [6.07, 6.45) is 0. The molecule has 2 unspecified atom stereocenters. The molecule has 0 aromatic carbocycles. The van der Waals surface area contributed by atoms with Gasteiger partial charge in [-0.3, -0.25) is 0 Å². The summed E-state index contributed by atoms with van der Waals surface area (Å²) < 4.78 is 5.30. The van der Waals surface area contributed by atoms with E-state index >= 15 is 0 Å². The highest BCUT2D eigenvalue weighted by molar-refractivity contribution is 8.00. The van der Waals surface area contributed by atoms with Crippen LogP contribution in [0.1, 0.15) is 20.8 Å². The Morgan fingerprint density at radius 1 is 1.28 bits per heavy atom. The number of rotatable bonds is 3. The van der Waals surface area contributed by atoms with Gasteiger partial charge in [0.25, 0.3) is 0 Å². The van der Waals surface area contributed by atoms with Gasteiger partial charge in [0.15, 0.2) is 0 Å². The van der Waals surface area contributed by atoms with Crippen LogP contribution in [-0.4, -0.2) is 45.1 Å². The van der Waals surface area contributed by atoms with E-state index < -0.39 is 0 Å². The van der Waals surface area contributed by atoms with Crippen molar-refractivity contribution in [3.8, 4) is 6.01 Å². The number of aromatic nitrogens is 3. The van der Waals surface area contributed by atoms with Gasteiger partial charge in [-0.25, -0.2) is 0 Å². The molecular formula is C11H19N5OS. The molecule has 18 heavy (non-hydrogen) atoms. The van der Waals surface area contributed by atoms with Crippen molar-refractivity contribution in [3.63, 3.8) is 0 Å². The first kappa shape index (κ1) is 13.2. The summed E-state index contributed by atoms with van der Waals surface area (Å²) in [5.41, 5.74) is 5.69. The Morgan fingerprint density at radius 2 is 1.94 bits per heavy atom. The molecule has 100 valence electrons. The molecular weight excluding hydrogens is 250 g/mol. The molecule has 1 saturated heterocycles. The predicted molar refractivity (Wildman–Crippen MR) is 74.1 cm³/mol. The van der Waals surface area contributed by atoms with Crippen molar-refractivity contribution in [1.29, 1.82) is 0 Å². The van der Waals surface area contributed by atoms with Gasteiger partial charge in [0.1, 0.15) is 0 Å². The second kappa shape index (κ2) is 5.60. The number of hydrogen-bond donors (Lipinski definition) is 1. The Morgan fingerprint density at radius 3 is 2.56 bits per heavy atom. The first-order valence-electron chi connectivity index (χ1n) is 6.13. The Kier molecular flexibility index (Phi) is 4.11. The van der Waals surface area contributed by atoms with E-state index in [1.54, 1.807) is 0 Å². The van der Waals surface area contributed by atoms with Crippen LogP contribution in [0.25, 0.3) is 0 Å². The van der Waals surface area contributed by atoms with Gasteiger partial charge in [0.05, 0.1) is 6.61 Å². The molecule has 0 aliphatic carbocycles. The first-order chi connectivity index (χ1) is 8.58. The van der Waals surface area contributed by atoms with E-state index in [9.17, 15) is 0 Å². The van der Waals surface area contributed by atoms with Crippen molar-refractivity contribution < 1.29 is 4.74 Å². The largest absolute Gasteiger partial charge is 0.464 e. The highest BCUT2D eigenvalue weighted by Gasteiger charge is 2.24. The zero-order chi connectivity index (χ0) is 13.1. The molecule has 0 amide bonds. The van der Waals surface area contributed by atoms with Crippen LogP contribution >= 0.6 is 11.8 Å². The lowest BCUT2D eigenvalue weighted by Crippen LogP contribution is -2.41. The lowest BCUT2D eigenvalue weighted by molar-refractivity contribution is 0.312. The zero-order valence-corrected chi connectivity index (χ0v) is 11.8. The average Bonchev–Trinajstić information content (AvgIpc) is 2.27. The first-order valence-corrected chi connectivity index (χ1v) is 7.07. The molecule has 0 bridgehead atoms. The van der Waals surface area contributed by atoms with Gasteiger partial charge in [0.2, 0.25) is 11.9 Å². The van der Waals surface area contributed by atoms with E-state index in [0.717, 1.165) is 13.1 Å². The summed E-state index contributed by atoms with van der Waals surface area (Å²) in [5.74, 6) is 0.826. The van der Waals surface area contributed by atoms with E-state index in [0.29, 0.717) is 29.1 Å². The fourth-order valence-electron chi connectivity index (χ4n) is 2.04. The maximum Gasteiger partial charge on any atom is 0.323 e. The van der Waals surface area contributed by atoms with Crippen molar-refractivity contribution in [2.45, 2.75) is 31.3 Å². The van der Waals surface area contributed by atoms with E-state index in [4.69, 9.17) is 10.5 Å². The molecule has 1 aliphatic heterocycles. The molecule has 0 radical (unpaired) electrons. The summed E-state index contributed by atoms with van der Waals surface area (Å²) in [6, 6.07) is 0.304. The second-order valence-corrected chi connectivity index (χ2v) is 6.25. The third-order valence-corrected chi connectivity index (χ3v) is 3.82. The van der Waals surface area contributed by atoms with Gasteiger partial charge < -0.3 is 15.4 Å². The highest BCUT2D eigenvalue weighted by atomic mass is 32.2. The van der Waals surface area contributed by atoms with Gasteiger partial charge in [-0.2, -0.15) is 26.7 Å². The monoisotopic (exact) mass is 269 g/mol. The van der Waals surface area contributed by atoms with Gasteiger partial charge in [0, 0.05) is 23.6 Å². The number of nitrogens with two attached hydrogens (primary N) is 1. The van der Waals surface area contributed by atoms with Gasteiger partial charge in [-0.1, -0.05) is 13.8 Å². The fraction of sp³-hybridized carbons (Fsp3) is 0.727.